The first-order chi connectivity index (χ1) is 8.90. The molecule has 0 spiro atoms. The number of halogens is 1. The molecular formula is C16H16ClNO. The highest BCUT2D eigenvalue weighted by Crippen LogP contribution is 2.23. The first-order valence-electron chi connectivity index (χ1n) is 6.07. The number of carbonyl (C=O) groups excluding carboxylic acids is 1. The summed E-state index contributed by atoms with van der Waals surface area (Å²) >= 11 is 5.96. The van der Waals surface area contributed by atoms with Gasteiger partial charge >= 0.3 is 0 Å². The van der Waals surface area contributed by atoms with Crippen LogP contribution in [0.4, 0.5) is 5.69 Å². The Bertz CT molecular complexity index is 662. The van der Waals surface area contributed by atoms with Crippen LogP contribution in [0.3, 0.4) is 0 Å². The van der Waals surface area contributed by atoms with Crippen LogP contribution in [0, 0.1) is 20.8 Å². The van der Waals surface area contributed by atoms with Crippen molar-refractivity contribution in [1.82, 2.24) is 0 Å². The van der Waals surface area contributed by atoms with E-state index in [9.17, 15) is 4.79 Å². The van der Waals surface area contributed by atoms with Crippen molar-refractivity contribution in [3.63, 3.8) is 0 Å². The van der Waals surface area contributed by atoms with Crippen molar-refractivity contribution in [1.29, 1.82) is 0 Å². The number of hydrogen-bond donors (Lipinski definition) is 1. The van der Waals surface area contributed by atoms with Crippen LogP contribution in [0.15, 0.2) is 30.3 Å². The lowest BCUT2D eigenvalue weighted by atomic mass is 9.95. The molecule has 0 aliphatic carbocycles. The minimum absolute atomic E-state index is 0.0255. The molecule has 3 heteroatoms. The molecule has 0 aromatic heterocycles. The Labute approximate surface area is 118 Å². The largest absolute Gasteiger partial charge is 0.398 e. The maximum absolute atomic E-state index is 12.5. The maximum Gasteiger partial charge on any atom is 0.193 e. The Morgan fingerprint density at radius 2 is 1.63 bits per heavy atom. The standard InChI is InChI=1S/C16H16ClNO/c1-9-6-11(3)13(7-10(9)2)16(19)12-4-5-15(18)14(17)8-12/h4-8H,18H2,1-3H3. The van der Waals surface area contributed by atoms with E-state index in [1.807, 2.05) is 32.9 Å². The van der Waals surface area contributed by atoms with Crippen LogP contribution < -0.4 is 5.73 Å². The van der Waals surface area contributed by atoms with E-state index < -0.39 is 0 Å². The summed E-state index contributed by atoms with van der Waals surface area (Å²) in [5.41, 5.74) is 10.7. The third kappa shape index (κ3) is 2.64. The number of nitrogens with two attached hydrogens (primary N) is 1. The molecule has 2 N–H and O–H groups in total. The number of ketones is 1. The van der Waals surface area contributed by atoms with Crippen molar-refractivity contribution in [3.8, 4) is 0 Å². The second-order valence-electron chi connectivity index (χ2n) is 4.82. The molecule has 0 aliphatic rings. The highest BCUT2D eigenvalue weighted by atomic mass is 35.5. The van der Waals surface area contributed by atoms with Crippen molar-refractivity contribution in [2.24, 2.45) is 0 Å². The fraction of sp³-hybridized carbons (Fsp3) is 0.188. The molecule has 0 aliphatic heterocycles. The van der Waals surface area contributed by atoms with Gasteiger partial charge in [0.05, 0.1) is 10.7 Å². The molecule has 0 saturated carbocycles. The quantitative estimate of drug-likeness (QED) is 0.662. The number of benzene rings is 2. The third-order valence-electron chi connectivity index (χ3n) is 3.35. The van der Waals surface area contributed by atoms with E-state index in [4.69, 9.17) is 17.3 Å². The van der Waals surface area contributed by atoms with Gasteiger partial charge in [-0.25, -0.2) is 0 Å². The summed E-state index contributed by atoms with van der Waals surface area (Å²) in [6, 6.07) is 8.94. The Morgan fingerprint density at radius 1 is 1.00 bits per heavy atom. The number of nitrogen functional groups attached to an aromatic ring is 1. The maximum atomic E-state index is 12.5. The number of aryl methyl sites for hydroxylation is 3. The molecular weight excluding hydrogens is 258 g/mol. The average molecular weight is 274 g/mol. The lowest BCUT2D eigenvalue weighted by Crippen LogP contribution is -2.05. The molecule has 0 amide bonds. The summed E-state index contributed by atoms with van der Waals surface area (Å²) in [5, 5.41) is 0.410. The van der Waals surface area contributed by atoms with Gasteiger partial charge in [-0.15, -0.1) is 0 Å². The number of anilines is 1. The third-order valence-corrected chi connectivity index (χ3v) is 3.68. The summed E-state index contributed by atoms with van der Waals surface area (Å²) in [6.45, 7) is 5.98. The van der Waals surface area contributed by atoms with Gasteiger partial charge in [-0.05, 0) is 61.7 Å². The molecule has 98 valence electrons. The summed E-state index contributed by atoms with van der Waals surface area (Å²) < 4.78 is 0. The van der Waals surface area contributed by atoms with E-state index in [-0.39, 0.29) is 5.78 Å². The van der Waals surface area contributed by atoms with E-state index in [2.05, 4.69) is 0 Å². The zero-order chi connectivity index (χ0) is 14.2. The van der Waals surface area contributed by atoms with E-state index in [1.54, 1.807) is 18.2 Å². The Morgan fingerprint density at radius 3 is 2.26 bits per heavy atom. The fourth-order valence-electron chi connectivity index (χ4n) is 2.03. The highest BCUT2D eigenvalue weighted by molar-refractivity contribution is 6.33. The van der Waals surface area contributed by atoms with Crippen molar-refractivity contribution in [3.05, 3.63) is 63.2 Å². The molecule has 2 nitrogen and oxygen atoms in total. The van der Waals surface area contributed by atoms with Crippen molar-refractivity contribution in [2.45, 2.75) is 20.8 Å². The second kappa shape index (κ2) is 5.06. The van der Waals surface area contributed by atoms with Crippen molar-refractivity contribution >= 4 is 23.1 Å². The van der Waals surface area contributed by atoms with Crippen LogP contribution in [0.5, 0.6) is 0 Å². The molecule has 19 heavy (non-hydrogen) atoms. The van der Waals surface area contributed by atoms with Crippen LogP contribution in [0.25, 0.3) is 0 Å². The van der Waals surface area contributed by atoms with E-state index in [0.29, 0.717) is 21.8 Å². The number of hydrogen-bond acceptors (Lipinski definition) is 2. The molecule has 0 saturated heterocycles. The first kappa shape index (κ1) is 13.6. The zero-order valence-electron chi connectivity index (χ0n) is 11.3. The number of carbonyl (C=O) groups is 1. The fourth-order valence-corrected chi connectivity index (χ4v) is 2.21. The molecule has 0 radical (unpaired) electrons. The molecule has 0 atom stereocenters. The molecule has 0 unspecified atom stereocenters. The average Bonchev–Trinajstić information content (AvgIpc) is 2.36. The molecule has 0 fully saturated rings. The predicted octanol–water partition coefficient (Wildman–Crippen LogP) is 4.08. The van der Waals surface area contributed by atoms with Gasteiger partial charge in [0.1, 0.15) is 0 Å². The van der Waals surface area contributed by atoms with Crippen LogP contribution in [0.2, 0.25) is 5.02 Å². The van der Waals surface area contributed by atoms with Crippen LogP contribution in [0.1, 0.15) is 32.6 Å². The van der Waals surface area contributed by atoms with E-state index >= 15 is 0 Å². The highest BCUT2D eigenvalue weighted by Gasteiger charge is 2.14. The Kier molecular flexibility index (Phi) is 3.63. The van der Waals surface area contributed by atoms with Crippen molar-refractivity contribution < 1.29 is 4.79 Å². The van der Waals surface area contributed by atoms with Gasteiger partial charge in [0, 0.05) is 11.1 Å². The van der Waals surface area contributed by atoms with Gasteiger partial charge in [0.15, 0.2) is 5.78 Å². The van der Waals surface area contributed by atoms with Gasteiger partial charge < -0.3 is 5.73 Å². The Balaban J connectivity index is 2.49. The van der Waals surface area contributed by atoms with Gasteiger partial charge in [-0.2, -0.15) is 0 Å². The summed E-state index contributed by atoms with van der Waals surface area (Å²) in [7, 11) is 0. The topological polar surface area (TPSA) is 43.1 Å². The van der Waals surface area contributed by atoms with Gasteiger partial charge in [0.2, 0.25) is 0 Å². The van der Waals surface area contributed by atoms with Crippen LogP contribution >= 0.6 is 11.6 Å². The smallest absolute Gasteiger partial charge is 0.193 e. The van der Waals surface area contributed by atoms with E-state index in [0.717, 1.165) is 11.1 Å². The van der Waals surface area contributed by atoms with Gasteiger partial charge in [0.25, 0.3) is 0 Å². The second-order valence-corrected chi connectivity index (χ2v) is 5.22. The molecule has 0 bridgehead atoms. The monoisotopic (exact) mass is 273 g/mol. The lowest BCUT2D eigenvalue weighted by Gasteiger charge is -2.09. The molecule has 2 aromatic rings. The van der Waals surface area contributed by atoms with Crippen molar-refractivity contribution in [2.75, 3.05) is 5.73 Å². The number of rotatable bonds is 2. The SMILES string of the molecule is Cc1cc(C)c(C(=O)c2ccc(N)c(Cl)c2)cc1C. The molecule has 0 heterocycles. The van der Waals surface area contributed by atoms with Crippen LogP contribution in [-0.4, -0.2) is 5.78 Å². The Hall–Kier alpha value is -1.80. The van der Waals surface area contributed by atoms with Gasteiger partial charge in [-0.3, -0.25) is 4.79 Å². The zero-order valence-corrected chi connectivity index (χ0v) is 12.0. The summed E-state index contributed by atoms with van der Waals surface area (Å²) in [6.07, 6.45) is 0. The summed E-state index contributed by atoms with van der Waals surface area (Å²) in [4.78, 5) is 12.5. The van der Waals surface area contributed by atoms with Gasteiger partial charge in [-0.1, -0.05) is 17.7 Å². The lowest BCUT2D eigenvalue weighted by molar-refractivity contribution is 0.103. The molecule has 2 aromatic carbocycles. The summed E-state index contributed by atoms with van der Waals surface area (Å²) in [5.74, 6) is -0.0255. The van der Waals surface area contributed by atoms with E-state index in [1.165, 1.54) is 5.56 Å². The molecule has 2 rings (SSSR count). The predicted molar refractivity (Wildman–Crippen MR) is 79.9 cm³/mol. The normalized spacial score (nSPS) is 10.5. The minimum Gasteiger partial charge on any atom is -0.398 e. The van der Waals surface area contributed by atoms with Crippen LogP contribution in [-0.2, 0) is 0 Å². The minimum atomic E-state index is -0.0255. The first-order valence-corrected chi connectivity index (χ1v) is 6.45.